The van der Waals surface area contributed by atoms with E-state index >= 15 is 0 Å². The van der Waals surface area contributed by atoms with Gasteiger partial charge in [0.2, 0.25) is 18.2 Å². The van der Waals surface area contributed by atoms with E-state index in [4.69, 9.17) is 0 Å². The largest absolute Gasteiger partial charge is 0.347 e. The van der Waals surface area contributed by atoms with Crippen molar-refractivity contribution in [3.05, 3.63) is 41.0 Å². The van der Waals surface area contributed by atoms with Crippen molar-refractivity contribution in [2.45, 2.75) is 65.1 Å². The Labute approximate surface area is 204 Å². The molecule has 1 aliphatic heterocycles. The Morgan fingerprint density at radius 3 is 2.50 bits per heavy atom. The van der Waals surface area contributed by atoms with Crippen LogP contribution in [-0.4, -0.2) is 53.0 Å². The molecule has 8 nitrogen and oxygen atoms in total. The lowest BCUT2D eigenvalue weighted by Crippen LogP contribution is -2.56. The van der Waals surface area contributed by atoms with Crippen molar-refractivity contribution in [2.24, 2.45) is 5.41 Å². The molecular formula is C25H32N4O4S. The van der Waals surface area contributed by atoms with Gasteiger partial charge < -0.3 is 20.3 Å². The zero-order chi connectivity index (χ0) is 24.9. The predicted octanol–water partition coefficient (Wildman–Crippen LogP) is 3.02. The summed E-state index contributed by atoms with van der Waals surface area (Å²) in [5, 5.41) is 5.59. The maximum absolute atomic E-state index is 13.2. The lowest BCUT2D eigenvalue weighted by molar-refractivity contribution is -0.143. The van der Waals surface area contributed by atoms with Gasteiger partial charge in [-0.25, -0.2) is 4.98 Å². The fourth-order valence-electron chi connectivity index (χ4n) is 4.32. The summed E-state index contributed by atoms with van der Waals surface area (Å²) in [6.45, 7) is 8.02. The van der Waals surface area contributed by atoms with Crippen LogP contribution < -0.4 is 10.6 Å². The van der Waals surface area contributed by atoms with Gasteiger partial charge in [0, 0.05) is 13.0 Å². The smallest absolute Gasteiger partial charge is 0.246 e. The van der Waals surface area contributed by atoms with Crippen LogP contribution in [0.3, 0.4) is 0 Å². The first-order chi connectivity index (χ1) is 16.2. The van der Waals surface area contributed by atoms with E-state index < -0.39 is 23.5 Å². The van der Waals surface area contributed by atoms with E-state index in [1.165, 1.54) is 0 Å². The number of amides is 3. The fraction of sp³-hybridized carbons (Fsp3) is 0.480. The van der Waals surface area contributed by atoms with Crippen molar-refractivity contribution in [3.8, 4) is 10.4 Å². The topological polar surface area (TPSA) is 108 Å². The van der Waals surface area contributed by atoms with Crippen molar-refractivity contribution >= 4 is 35.8 Å². The monoisotopic (exact) mass is 484 g/mol. The Morgan fingerprint density at radius 2 is 1.94 bits per heavy atom. The van der Waals surface area contributed by atoms with Crippen LogP contribution in [0.2, 0.25) is 0 Å². The van der Waals surface area contributed by atoms with Gasteiger partial charge in [-0.3, -0.25) is 14.4 Å². The van der Waals surface area contributed by atoms with E-state index in [2.05, 4.69) is 15.6 Å². The lowest BCUT2D eigenvalue weighted by Gasteiger charge is -2.34. The number of nitrogens with zero attached hydrogens (tertiary/aromatic N) is 2. The van der Waals surface area contributed by atoms with Crippen LogP contribution in [-0.2, 0) is 19.2 Å². The molecule has 0 aliphatic carbocycles. The van der Waals surface area contributed by atoms with Gasteiger partial charge in [0.1, 0.15) is 18.4 Å². The van der Waals surface area contributed by atoms with Gasteiger partial charge in [-0.1, -0.05) is 45.0 Å². The highest BCUT2D eigenvalue weighted by Crippen LogP contribution is 2.29. The second-order valence-corrected chi connectivity index (χ2v) is 10.5. The molecule has 1 aliphatic rings. The minimum absolute atomic E-state index is 0.128. The van der Waals surface area contributed by atoms with Crippen molar-refractivity contribution in [1.29, 1.82) is 0 Å². The number of likely N-dealkylation sites (tertiary alicyclic amines) is 1. The number of carbonyl (C=O) groups excluding carboxylic acids is 4. The quantitative estimate of drug-likeness (QED) is 0.532. The standard InChI is InChI=1S/C25H32N4O4S/c1-16-21(34-15-27-16)18-9-7-17(8-10-18)19(11-13-30)28-23(32)20-6-5-12-29(20)24(33)22(26-14-31)25(2,3)4/h7-10,13-15,19-20,22H,5-6,11-12H2,1-4H3,(H,26,31)(H,28,32)/t19-,20-,22+/m0/s1. The second kappa shape index (κ2) is 10.9. The molecule has 3 atom stereocenters. The van der Waals surface area contributed by atoms with Crippen LogP contribution in [0.1, 0.15) is 57.3 Å². The van der Waals surface area contributed by atoms with E-state index in [0.717, 1.165) is 28.0 Å². The summed E-state index contributed by atoms with van der Waals surface area (Å²) in [6.07, 6.45) is 2.67. The Balaban J connectivity index is 1.75. The Kier molecular flexibility index (Phi) is 8.19. The van der Waals surface area contributed by atoms with Crippen LogP contribution >= 0.6 is 11.3 Å². The molecule has 0 spiro atoms. The number of benzene rings is 1. The zero-order valence-electron chi connectivity index (χ0n) is 20.0. The third-order valence-electron chi connectivity index (χ3n) is 6.16. The van der Waals surface area contributed by atoms with E-state index in [0.29, 0.717) is 25.8 Å². The molecule has 182 valence electrons. The second-order valence-electron chi connectivity index (χ2n) is 9.63. The number of thiazole rings is 1. The summed E-state index contributed by atoms with van der Waals surface area (Å²) in [5.41, 5.74) is 4.11. The number of hydrogen-bond acceptors (Lipinski definition) is 6. The number of nitrogens with one attached hydrogen (secondary N) is 2. The average Bonchev–Trinajstić information content (AvgIpc) is 3.45. The van der Waals surface area contributed by atoms with E-state index in [1.807, 2.05) is 52.0 Å². The Hall–Kier alpha value is -3.07. The number of rotatable bonds is 9. The molecular weight excluding hydrogens is 452 g/mol. The summed E-state index contributed by atoms with van der Waals surface area (Å²) in [6, 6.07) is 5.87. The van der Waals surface area contributed by atoms with Gasteiger partial charge in [-0.2, -0.15) is 0 Å². The molecule has 9 heteroatoms. The molecule has 1 saturated heterocycles. The van der Waals surface area contributed by atoms with Gasteiger partial charge in [0.25, 0.3) is 0 Å². The molecule has 34 heavy (non-hydrogen) atoms. The third-order valence-corrected chi connectivity index (χ3v) is 7.13. The maximum Gasteiger partial charge on any atom is 0.246 e. The number of aromatic nitrogens is 1. The first kappa shape index (κ1) is 25.6. The van der Waals surface area contributed by atoms with Gasteiger partial charge in [0.15, 0.2) is 0 Å². The third kappa shape index (κ3) is 5.70. The minimum Gasteiger partial charge on any atom is -0.347 e. The average molecular weight is 485 g/mol. The molecule has 2 aromatic rings. The molecule has 3 amide bonds. The molecule has 2 heterocycles. The van der Waals surface area contributed by atoms with Gasteiger partial charge >= 0.3 is 0 Å². The molecule has 0 saturated carbocycles. The summed E-state index contributed by atoms with van der Waals surface area (Å²) in [4.78, 5) is 55.8. The Morgan fingerprint density at radius 1 is 1.24 bits per heavy atom. The molecule has 0 radical (unpaired) electrons. The highest BCUT2D eigenvalue weighted by molar-refractivity contribution is 7.13. The molecule has 1 fully saturated rings. The molecule has 3 rings (SSSR count). The van der Waals surface area contributed by atoms with E-state index in [-0.39, 0.29) is 18.2 Å². The predicted molar refractivity (Wildman–Crippen MR) is 131 cm³/mol. The Bertz CT molecular complexity index is 1030. The van der Waals surface area contributed by atoms with Gasteiger partial charge in [-0.05, 0) is 36.3 Å². The summed E-state index contributed by atoms with van der Waals surface area (Å²) < 4.78 is 0. The van der Waals surface area contributed by atoms with Crippen LogP contribution in [0.25, 0.3) is 10.4 Å². The van der Waals surface area contributed by atoms with Crippen LogP contribution in [0.15, 0.2) is 29.8 Å². The van der Waals surface area contributed by atoms with Crippen molar-refractivity contribution in [1.82, 2.24) is 20.5 Å². The van der Waals surface area contributed by atoms with Crippen LogP contribution in [0, 0.1) is 12.3 Å². The SMILES string of the molecule is Cc1ncsc1-c1ccc([C@H](CC=O)NC(=O)[C@@H]2CCCN2C(=O)[C@@H](NC=O)C(C)(C)C)cc1. The number of aldehydes is 1. The van der Waals surface area contributed by atoms with Gasteiger partial charge in [-0.15, -0.1) is 11.3 Å². The molecule has 1 aromatic carbocycles. The normalized spacial score (nSPS) is 17.6. The molecule has 0 bridgehead atoms. The van der Waals surface area contributed by atoms with Crippen molar-refractivity contribution in [3.63, 3.8) is 0 Å². The summed E-state index contributed by atoms with van der Waals surface area (Å²) in [5.74, 6) is -0.563. The van der Waals surface area contributed by atoms with E-state index in [1.54, 1.807) is 21.7 Å². The number of hydrogen-bond donors (Lipinski definition) is 2. The minimum atomic E-state index is -0.730. The van der Waals surface area contributed by atoms with Crippen molar-refractivity contribution < 1.29 is 19.2 Å². The zero-order valence-corrected chi connectivity index (χ0v) is 20.9. The maximum atomic E-state index is 13.2. The fourth-order valence-corrected chi connectivity index (χ4v) is 5.13. The van der Waals surface area contributed by atoms with Gasteiger partial charge in [0.05, 0.1) is 22.1 Å². The lowest BCUT2D eigenvalue weighted by atomic mass is 9.85. The molecule has 1 aromatic heterocycles. The van der Waals surface area contributed by atoms with Crippen molar-refractivity contribution in [2.75, 3.05) is 6.54 Å². The van der Waals surface area contributed by atoms with E-state index in [9.17, 15) is 19.2 Å². The first-order valence-electron chi connectivity index (χ1n) is 11.4. The van der Waals surface area contributed by atoms with Crippen LogP contribution in [0.4, 0.5) is 0 Å². The molecule has 2 N–H and O–H groups in total. The highest BCUT2D eigenvalue weighted by atomic mass is 32.1. The number of carbonyl (C=O) groups is 4. The first-order valence-corrected chi connectivity index (χ1v) is 12.3. The highest BCUT2D eigenvalue weighted by Gasteiger charge is 2.41. The summed E-state index contributed by atoms with van der Waals surface area (Å²) >= 11 is 1.56. The molecule has 0 unspecified atom stereocenters. The summed E-state index contributed by atoms with van der Waals surface area (Å²) in [7, 11) is 0. The number of aryl methyl sites for hydroxylation is 1. The van der Waals surface area contributed by atoms with Crippen LogP contribution in [0.5, 0.6) is 0 Å².